The number of halogens is 1. The van der Waals surface area contributed by atoms with E-state index >= 15 is 0 Å². The maximum atomic E-state index is 6.09. The number of hydrogen-bond acceptors (Lipinski definition) is 2. The average Bonchev–Trinajstić information content (AvgIpc) is 3.40. The summed E-state index contributed by atoms with van der Waals surface area (Å²) in [6, 6.07) is 18.0. The summed E-state index contributed by atoms with van der Waals surface area (Å²) in [5.41, 5.74) is 5.53. The van der Waals surface area contributed by atoms with Crippen LogP contribution in [0.4, 0.5) is 0 Å². The van der Waals surface area contributed by atoms with Crippen LogP contribution in [0.5, 0.6) is 0 Å². The molecule has 0 unspecified atom stereocenters. The van der Waals surface area contributed by atoms with E-state index in [-0.39, 0.29) is 0 Å². The molecule has 0 N–H and O–H groups in total. The smallest absolute Gasteiger partial charge is 0.0488 e. The highest BCUT2D eigenvalue weighted by atomic mass is 35.5. The second kappa shape index (κ2) is 8.74. The molecule has 2 aliphatic rings. The molecule has 2 aliphatic heterocycles. The Morgan fingerprint density at radius 3 is 2.30 bits per heavy atom. The van der Waals surface area contributed by atoms with Crippen LogP contribution in [0.15, 0.2) is 48.5 Å². The zero-order chi connectivity index (χ0) is 20.5. The number of aromatic nitrogens is 1. The van der Waals surface area contributed by atoms with Crippen LogP contribution in [0.3, 0.4) is 0 Å². The Bertz CT molecular complexity index is 993. The molecule has 0 aliphatic carbocycles. The quantitative estimate of drug-likeness (QED) is 0.522. The first-order valence-corrected chi connectivity index (χ1v) is 11.8. The summed E-state index contributed by atoms with van der Waals surface area (Å²) >= 11 is 6.09. The molecule has 30 heavy (non-hydrogen) atoms. The van der Waals surface area contributed by atoms with E-state index in [0.717, 1.165) is 24.2 Å². The Balaban J connectivity index is 1.35. The third kappa shape index (κ3) is 4.03. The molecule has 2 aromatic carbocycles. The van der Waals surface area contributed by atoms with Crippen molar-refractivity contribution in [2.45, 2.75) is 51.7 Å². The molecule has 0 atom stereocenters. The van der Waals surface area contributed by atoms with Crippen molar-refractivity contribution in [3.63, 3.8) is 0 Å². The van der Waals surface area contributed by atoms with Gasteiger partial charge in [0.25, 0.3) is 0 Å². The number of likely N-dealkylation sites (tertiary alicyclic amines) is 2. The summed E-state index contributed by atoms with van der Waals surface area (Å²) < 4.78 is 2.48. The summed E-state index contributed by atoms with van der Waals surface area (Å²) in [5, 5.41) is 2.21. The Morgan fingerprint density at radius 1 is 0.867 bits per heavy atom. The van der Waals surface area contributed by atoms with Crippen molar-refractivity contribution in [1.82, 2.24) is 14.4 Å². The molecule has 0 saturated carbocycles. The van der Waals surface area contributed by atoms with Crippen molar-refractivity contribution in [3.05, 3.63) is 70.4 Å². The minimum absolute atomic E-state index is 0.797. The van der Waals surface area contributed by atoms with Gasteiger partial charge in [0.1, 0.15) is 0 Å². The first-order chi connectivity index (χ1) is 14.7. The highest BCUT2D eigenvalue weighted by molar-refractivity contribution is 6.30. The zero-order valence-electron chi connectivity index (χ0n) is 18.0. The fraction of sp³-hybridized carbons (Fsp3) is 0.462. The van der Waals surface area contributed by atoms with E-state index in [4.69, 9.17) is 11.6 Å². The maximum Gasteiger partial charge on any atom is 0.0488 e. The van der Waals surface area contributed by atoms with Gasteiger partial charge in [-0.3, -0.25) is 4.90 Å². The number of hydrogen-bond donors (Lipinski definition) is 0. The predicted molar refractivity (Wildman–Crippen MR) is 126 cm³/mol. The van der Waals surface area contributed by atoms with Crippen LogP contribution in [0.1, 0.15) is 42.5 Å². The lowest BCUT2D eigenvalue weighted by Crippen LogP contribution is -2.43. The molecule has 3 aromatic rings. The Kier molecular flexibility index (Phi) is 5.86. The second-order valence-corrected chi connectivity index (χ2v) is 9.48. The molecular weight excluding hydrogens is 390 g/mol. The monoisotopic (exact) mass is 421 g/mol. The van der Waals surface area contributed by atoms with Crippen LogP contribution in [0, 0.1) is 6.92 Å². The SMILES string of the molecule is Cc1c(CN2CCC(N3CCCC3)CC2)c2ccccc2n1Cc1ccc(Cl)cc1. The largest absolute Gasteiger partial charge is 0.340 e. The normalized spacial score (nSPS) is 19.1. The second-order valence-electron chi connectivity index (χ2n) is 9.04. The lowest BCUT2D eigenvalue weighted by molar-refractivity contribution is 0.123. The molecule has 3 heterocycles. The molecule has 5 rings (SSSR count). The van der Waals surface area contributed by atoms with E-state index in [2.05, 4.69) is 57.7 Å². The van der Waals surface area contributed by atoms with Crippen LogP contribution in [0.25, 0.3) is 10.9 Å². The minimum atomic E-state index is 0.797. The van der Waals surface area contributed by atoms with Crippen molar-refractivity contribution in [2.24, 2.45) is 0 Å². The van der Waals surface area contributed by atoms with Gasteiger partial charge in [-0.15, -0.1) is 0 Å². The summed E-state index contributed by atoms with van der Waals surface area (Å²) in [5.74, 6) is 0. The zero-order valence-corrected chi connectivity index (χ0v) is 18.7. The predicted octanol–water partition coefficient (Wildman–Crippen LogP) is 5.71. The van der Waals surface area contributed by atoms with Gasteiger partial charge in [-0.25, -0.2) is 0 Å². The van der Waals surface area contributed by atoms with E-state index in [9.17, 15) is 0 Å². The van der Waals surface area contributed by atoms with Crippen molar-refractivity contribution in [2.75, 3.05) is 26.2 Å². The summed E-state index contributed by atoms with van der Waals surface area (Å²) in [6.45, 7) is 9.33. The van der Waals surface area contributed by atoms with Crippen LogP contribution >= 0.6 is 11.6 Å². The van der Waals surface area contributed by atoms with Crippen LogP contribution < -0.4 is 0 Å². The molecule has 0 bridgehead atoms. The summed E-state index contributed by atoms with van der Waals surface area (Å²) in [4.78, 5) is 5.41. The first kappa shape index (κ1) is 20.1. The fourth-order valence-corrected chi connectivity index (χ4v) is 5.58. The van der Waals surface area contributed by atoms with Crippen molar-refractivity contribution in [1.29, 1.82) is 0 Å². The number of piperidine rings is 1. The number of rotatable bonds is 5. The molecule has 2 saturated heterocycles. The lowest BCUT2D eigenvalue weighted by Gasteiger charge is -2.36. The van der Waals surface area contributed by atoms with E-state index in [1.54, 1.807) is 0 Å². The molecule has 1 aromatic heterocycles. The highest BCUT2D eigenvalue weighted by Crippen LogP contribution is 2.30. The number of fused-ring (bicyclic) bond motifs is 1. The number of para-hydroxylation sites is 1. The van der Waals surface area contributed by atoms with Gasteiger partial charge in [0, 0.05) is 40.8 Å². The van der Waals surface area contributed by atoms with Crippen LogP contribution in [-0.2, 0) is 13.1 Å². The molecule has 0 amide bonds. The molecule has 0 spiro atoms. The van der Waals surface area contributed by atoms with Crippen LogP contribution in [0.2, 0.25) is 5.02 Å². The summed E-state index contributed by atoms with van der Waals surface area (Å²) in [6.07, 6.45) is 5.43. The Hall–Kier alpha value is -1.81. The van der Waals surface area contributed by atoms with Crippen LogP contribution in [-0.4, -0.2) is 46.6 Å². The number of nitrogens with zero attached hydrogens (tertiary/aromatic N) is 3. The van der Waals surface area contributed by atoms with Gasteiger partial charge in [0.15, 0.2) is 0 Å². The maximum absolute atomic E-state index is 6.09. The van der Waals surface area contributed by atoms with Crippen molar-refractivity contribution < 1.29 is 0 Å². The average molecular weight is 422 g/mol. The lowest BCUT2D eigenvalue weighted by atomic mass is 10.0. The van der Waals surface area contributed by atoms with Gasteiger partial charge in [0.05, 0.1) is 0 Å². The Morgan fingerprint density at radius 2 is 1.57 bits per heavy atom. The van der Waals surface area contributed by atoms with E-state index in [1.165, 1.54) is 79.6 Å². The van der Waals surface area contributed by atoms with Gasteiger partial charge in [0.2, 0.25) is 0 Å². The summed E-state index contributed by atoms with van der Waals surface area (Å²) in [7, 11) is 0. The topological polar surface area (TPSA) is 11.4 Å². The Labute approximate surface area is 185 Å². The standard InChI is InChI=1S/C26H32ClN3/c1-20-25(19-28-16-12-23(13-17-28)29-14-4-5-15-29)24-6-2-3-7-26(24)30(20)18-21-8-10-22(27)11-9-21/h2-3,6-11,23H,4-5,12-19H2,1H3. The fourth-order valence-electron chi connectivity index (χ4n) is 5.45. The van der Waals surface area contributed by atoms with Gasteiger partial charge in [-0.2, -0.15) is 0 Å². The third-order valence-electron chi connectivity index (χ3n) is 7.21. The molecule has 3 nitrogen and oxygen atoms in total. The third-order valence-corrected chi connectivity index (χ3v) is 7.46. The molecular formula is C26H32ClN3. The van der Waals surface area contributed by atoms with E-state index in [0.29, 0.717) is 0 Å². The van der Waals surface area contributed by atoms with Crippen molar-refractivity contribution in [3.8, 4) is 0 Å². The molecule has 4 heteroatoms. The molecule has 2 fully saturated rings. The first-order valence-electron chi connectivity index (χ1n) is 11.5. The minimum Gasteiger partial charge on any atom is -0.340 e. The van der Waals surface area contributed by atoms with Gasteiger partial charge >= 0.3 is 0 Å². The van der Waals surface area contributed by atoms with Gasteiger partial charge < -0.3 is 9.47 Å². The molecule has 158 valence electrons. The highest BCUT2D eigenvalue weighted by Gasteiger charge is 2.27. The van der Waals surface area contributed by atoms with Gasteiger partial charge in [-0.05, 0) is 88.1 Å². The van der Waals surface area contributed by atoms with E-state index in [1.807, 2.05) is 12.1 Å². The van der Waals surface area contributed by atoms with Crippen molar-refractivity contribution >= 4 is 22.5 Å². The van der Waals surface area contributed by atoms with E-state index < -0.39 is 0 Å². The van der Waals surface area contributed by atoms with Gasteiger partial charge in [-0.1, -0.05) is 41.9 Å². The molecule has 0 radical (unpaired) electrons. The number of benzene rings is 2.